The minimum atomic E-state index is -0.160. The molecule has 0 nitrogen and oxygen atoms in total. The lowest BCUT2D eigenvalue weighted by Crippen LogP contribution is -1.82. The molecule has 0 aromatic heterocycles. The maximum absolute atomic E-state index is 13.1. The predicted molar refractivity (Wildman–Crippen MR) is 54.0 cm³/mol. The summed E-state index contributed by atoms with van der Waals surface area (Å²) in [7, 11) is 0. The number of rotatable bonds is 2. The van der Waals surface area contributed by atoms with Gasteiger partial charge < -0.3 is 0 Å². The highest BCUT2D eigenvalue weighted by Gasteiger charge is 1.96. The Labute approximate surface area is 80.2 Å². The van der Waals surface area contributed by atoms with Crippen LogP contribution in [0.4, 0.5) is 4.39 Å². The first-order chi connectivity index (χ1) is 5.74. The summed E-state index contributed by atoms with van der Waals surface area (Å²) in [6.07, 6.45) is 3.64. The van der Waals surface area contributed by atoms with Crippen molar-refractivity contribution in [3.63, 3.8) is 0 Å². The first kappa shape index (κ1) is 9.46. The number of benzene rings is 1. The van der Waals surface area contributed by atoms with E-state index in [-0.39, 0.29) is 5.82 Å². The SMILES string of the molecule is Cc1ccc(C=CCBr)c(F)c1. The lowest BCUT2D eigenvalue weighted by molar-refractivity contribution is 0.624. The topological polar surface area (TPSA) is 0 Å². The normalized spacial score (nSPS) is 10.9. The fourth-order valence-corrected chi connectivity index (χ4v) is 1.13. The van der Waals surface area contributed by atoms with Crippen LogP contribution in [-0.4, -0.2) is 5.33 Å². The first-order valence-electron chi connectivity index (χ1n) is 3.72. The summed E-state index contributed by atoms with van der Waals surface area (Å²) in [5, 5.41) is 0.750. The lowest BCUT2D eigenvalue weighted by atomic mass is 10.1. The van der Waals surface area contributed by atoms with E-state index in [0.29, 0.717) is 5.56 Å². The van der Waals surface area contributed by atoms with Crippen LogP contribution < -0.4 is 0 Å². The van der Waals surface area contributed by atoms with Crippen molar-refractivity contribution in [2.24, 2.45) is 0 Å². The average molecular weight is 229 g/mol. The summed E-state index contributed by atoms with van der Waals surface area (Å²) in [5.41, 5.74) is 1.59. The highest BCUT2D eigenvalue weighted by Crippen LogP contribution is 2.11. The summed E-state index contributed by atoms with van der Waals surface area (Å²) in [6.45, 7) is 1.88. The van der Waals surface area contributed by atoms with Crippen molar-refractivity contribution in [3.05, 3.63) is 41.2 Å². The summed E-state index contributed by atoms with van der Waals surface area (Å²) in [5.74, 6) is -0.160. The quantitative estimate of drug-likeness (QED) is 0.680. The summed E-state index contributed by atoms with van der Waals surface area (Å²) >= 11 is 3.24. The summed E-state index contributed by atoms with van der Waals surface area (Å²) < 4.78 is 13.1. The van der Waals surface area contributed by atoms with Crippen LogP contribution in [0.3, 0.4) is 0 Å². The fraction of sp³-hybridized carbons (Fsp3) is 0.200. The molecular formula is C10H10BrF. The largest absolute Gasteiger partial charge is 0.206 e. The third kappa shape index (κ3) is 2.45. The highest BCUT2D eigenvalue weighted by molar-refractivity contribution is 9.09. The van der Waals surface area contributed by atoms with Gasteiger partial charge >= 0.3 is 0 Å². The number of hydrogen-bond donors (Lipinski definition) is 0. The third-order valence-electron chi connectivity index (χ3n) is 1.54. The van der Waals surface area contributed by atoms with Gasteiger partial charge in [-0.1, -0.05) is 40.2 Å². The lowest BCUT2D eigenvalue weighted by Gasteiger charge is -1.97. The molecule has 0 spiro atoms. The Morgan fingerprint density at radius 2 is 2.25 bits per heavy atom. The van der Waals surface area contributed by atoms with Gasteiger partial charge in [0.2, 0.25) is 0 Å². The molecule has 0 amide bonds. The number of hydrogen-bond acceptors (Lipinski definition) is 0. The second-order valence-electron chi connectivity index (χ2n) is 2.58. The molecule has 0 aliphatic heterocycles. The molecule has 0 atom stereocenters. The van der Waals surface area contributed by atoms with Crippen LogP contribution in [0.1, 0.15) is 11.1 Å². The number of aryl methyl sites for hydroxylation is 1. The van der Waals surface area contributed by atoms with Crippen molar-refractivity contribution in [3.8, 4) is 0 Å². The summed E-state index contributed by atoms with van der Waals surface area (Å²) in [6, 6.07) is 5.22. The van der Waals surface area contributed by atoms with Gasteiger partial charge in [0.25, 0.3) is 0 Å². The molecule has 1 aromatic rings. The van der Waals surface area contributed by atoms with Gasteiger partial charge in [0, 0.05) is 10.9 Å². The van der Waals surface area contributed by atoms with Crippen molar-refractivity contribution in [1.82, 2.24) is 0 Å². The van der Waals surface area contributed by atoms with Crippen LogP contribution in [-0.2, 0) is 0 Å². The molecule has 0 aliphatic rings. The van der Waals surface area contributed by atoms with Crippen molar-refractivity contribution in [2.75, 3.05) is 5.33 Å². The zero-order chi connectivity index (χ0) is 8.97. The molecule has 0 N–H and O–H groups in total. The molecular weight excluding hydrogens is 219 g/mol. The standard InChI is InChI=1S/C10H10BrF/c1-8-4-5-9(3-2-6-11)10(12)7-8/h2-5,7H,6H2,1H3. The molecule has 0 radical (unpaired) electrons. The van der Waals surface area contributed by atoms with Crippen molar-refractivity contribution in [1.29, 1.82) is 0 Å². The van der Waals surface area contributed by atoms with Gasteiger partial charge in [-0.15, -0.1) is 0 Å². The maximum atomic E-state index is 13.1. The minimum Gasteiger partial charge on any atom is -0.206 e. The summed E-state index contributed by atoms with van der Waals surface area (Å²) in [4.78, 5) is 0. The van der Waals surface area contributed by atoms with Crippen LogP contribution in [0.25, 0.3) is 6.08 Å². The number of allylic oxidation sites excluding steroid dienone is 1. The fourth-order valence-electron chi connectivity index (χ4n) is 0.939. The highest BCUT2D eigenvalue weighted by atomic mass is 79.9. The van der Waals surface area contributed by atoms with E-state index in [4.69, 9.17) is 0 Å². The van der Waals surface area contributed by atoms with Crippen LogP contribution in [0.15, 0.2) is 24.3 Å². The maximum Gasteiger partial charge on any atom is 0.130 e. The number of halogens is 2. The van der Waals surface area contributed by atoms with Gasteiger partial charge in [0.05, 0.1) is 0 Å². The molecule has 0 saturated heterocycles. The van der Waals surface area contributed by atoms with E-state index in [9.17, 15) is 4.39 Å². The van der Waals surface area contributed by atoms with Gasteiger partial charge in [-0.2, -0.15) is 0 Å². The van der Waals surface area contributed by atoms with E-state index < -0.39 is 0 Å². The van der Waals surface area contributed by atoms with Crippen LogP contribution >= 0.6 is 15.9 Å². The van der Waals surface area contributed by atoms with E-state index in [0.717, 1.165) is 10.9 Å². The average Bonchev–Trinajstić information content (AvgIpc) is 2.03. The Kier molecular flexibility index (Phi) is 3.48. The van der Waals surface area contributed by atoms with Crippen molar-refractivity contribution >= 4 is 22.0 Å². The van der Waals surface area contributed by atoms with E-state index in [1.165, 1.54) is 6.07 Å². The zero-order valence-corrected chi connectivity index (χ0v) is 8.44. The van der Waals surface area contributed by atoms with Gasteiger partial charge in [0.15, 0.2) is 0 Å². The molecule has 0 bridgehead atoms. The van der Waals surface area contributed by atoms with E-state index in [1.807, 2.05) is 19.1 Å². The van der Waals surface area contributed by atoms with Gasteiger partial charge in [0.1, 0.15) is 5.82 Å². The van der Waals surface area contributed by atoms with Gasteiger partial charge in [-0.05, 0) is 18.6 Å². The third-order valence-corrected chi connectivity index (χ3v) is 1.92. The molecule has 12 heavy (non-hydrogen) atoms. The molecule has 0 saturated carbocycles. The molecule has 1 rings (SSSR count). The van der Waals surface area contributed by atoms with Crippen LogP contribution in [0.5, 0.6) is 0 Å². The monoisotopic (exact) mass is 228 g/mol. The predicted octanol–water partition coefficient (Wildman–Crippen LogP) is 3.54. The molecule has 1 aromatic carbocycles. The smallest absolute Gasteiger partial charge is 0.130 e. The Morgan fingerprint density at radius 1 is 1.50 bits per heavy atom. The van der Waals surface area contributed by atoms with Crippen LogP contribution in [0.2, 0.25) is 0 Å². The molecule has 0 heterocycles. The molecule has 0 aliphatic carbocycles. The molecule has 0 fully saturated rings. The second-order valence-corrected chi connectivity index (χ2v) is 3.23. The molecule has 64 valence electrons. The Morgan fingerprint density at radius 3 is 2.83 bits per heavy atom. The minimum absolute atomic E-state index is 0.160. The second kappa shape index (κ2) is 4.41. The van der Waals surface area contributed by atoms with E-state index >= 15 is 0 Å². The first-order valence-corrected chi connectivity index (χ1v) is 4.85. The Hall–Kier alpha value is -0.630. The zero-order valence-electron chi connectivity index (χ0n) is 6.85. The van der Waals surface area contributed by atoms with Crippen molar-refractivity contribution in [2.45, 2.75) is 6.92 Å². The Balaban J connectivity index is 2.94. The number of alkyl halides is 1. The van der Waals surface area contributed by atoms with Crippen LogP contribution in [0, 0.1) is 12.7 Å². The van der Waals surface area contributed by atoms with Gasteiger partial charge in [-0.25, -0.2) is 4.39 Å². The van der Waals surface area contributed by atoms with E-state index in [2.05, 4.69) is 15.9 Å². The van der Waals surface area contributed by atoms with E-state index in [1.54, 1.807) is 12.1 Å². The molecule has 2 heteroatoms. The van der Waals surface area contributed by atoms with Crippen molar-refractivity contribution < 1.29 is 4.39 Å². The van der Waals surface area contributed by atoms with Gasteiger partial charge in [-0.3, -0.25) is 0 Å². The Bertz CT molecular complexity index is 292. The molecule has 0 unspecified atom stereocenters.